The van der Waals surface area contributed by atoms with E-state index in [1.54, 1.807) is 11.8 Å². The molecule has 0 N–H and O–H groups in total. The Morgan fingerprint density at radius 1 is 1.10 bits per heavy atom. The zero-order valence-corrected chi connectivity index (χ0v) is 12.4. The minimum Gasteiger partial charge on any atom is -0.320 e. The number of amidine groups is 1. The Balaban J connectivity index is 1.67. The monoisotopic (exact) mass is 300 g/mol. The van der Waals surface area contributed by atoms with Crippen molar-refractivity contribution in [2.24, 2.45) is 4.99 Å². The number of rotatable bonds is 1. The van der Waals surface area contributed by atoms with E-state index >= 15 is 0 Å². The molecule has 0 saturated heterocycles. The first-order valence-corrected chi connectivity index (χ1v) is 7.88. The minimum atomic E-state index is 0.250. The van der Waals surface area contributed by atoms with E-state index in [1.807, 2.05) is 12.1 Å². The second-order valence-corrected chi connectivity index (χ2v) is 6.43. The van der Waals surface area contributed by atoms with Gasteiger partial charge in [0, 0.05) is 16.5 Å². The molecule has 20 heavy (non-hydrogen) atoms. The van der Waals surface area contributed by atoms with Gasteiger partial charge < -0.3 is 4.90 Å². The first kappa shape index (κ1) is 12.3. The van der Waals surface area contributed by atoms with Crippen molar-refractivity contribution < 1.29 is 0 Å². The van der Waals surface area contributed by atoms with E-state index in [1.165, 1.54) is 16.1 Å². The van der Waals surface area contributed by atoms with Crippen LogP contribution in [0.2, 0.25) is 5.02 Å². The van der Waals surface area contributed by atoms with Gasteiger partial charge in [0.15, 0.2) is 5.17 Å². The zero-order chi connectivity index (χ0) is 13.5. The normalized spacial score (nSPS) is 20.4. The van der Waals surface area contributed by atoms with E-state index in [2.05, 4.69) is 41.3 Å². The van der Waals surface area contributed by atoms with Crippen LogP contribution in [-0.2, 0) is 0 Å². The van der Waals surface area contributed by atoms with Gasteiger partial charge in [-0.1, -0.05) is 35.9 Å². The molecule has 4 heteroatoms. The van der Waals surface area contributed by atoms with Crippen molar-refractivity contribution in [2.45, 2.75) is 17.4 Å². The molecule has 0 saturated carbocycles. The second-order valence-electron chi connectivity index (χ2n) is 4.99. The summed E-state index contributed by atoms with van der Waals surface area (Å²) in [6.07, 6.45) is 1.04. The lowest BCUT2D eigenvalue weighted by Crippen LogP contribution is -2.31. The van der Waals surface area contributed by atoms with E-state index in [4.69, 9.17) is 16.6 Å². The van der Waals surface area contributed by atoms with Gasteiger partial charge in [-0.05, 0) is 48.0 Å². The molecule has 2 aliphatic rings. The van der Waals surface area contributed by atoms with Crippen LogP contribution in [0.1, 0.15) is 18.0 Å². The van der Waals surface area contributed by atoms with Crippen LogP contribution in [0.4, 0.5) is 5.69 Å². The Morgan fingerprint density at radius 3 is 2.75 bits per heavy atom. The minimum absolute atomic E-state index is 0.250. The van der Waals surface area contributed by atoms with Crippen molar-refractivity contribution >= 4 is 34.2 Å². The lowest BCUT2D eigenvalue weighted by Gasteiger charge is -2.27. The second kappa shape index (κ2) is 4.83. The molecule has 0 fully saturated rings. The van der Waals surface area contributed by atoms with Crippen LogP contribution in [0.15, 0.2) is 58.4 Å². The standard InChI is InChI=1S/C16H13ClN2S/c17-12-7-5-11(6-8-12)13-9-10-19-14-3-1-2-4-15(14)20-16(19)18-13/h1-8,13H,9-10H2. The largest absolute Gasteiger partial charge is 0.320 e. The summed E-state index contributed by atoms with van der Waals surface area (Å²) in [5.74, 6) is 0. The molecule has 2 aromatic rings. The topological polar surface area (TPSA) is 15.6 Å². The van der Waals surface area contributed by atoms with Crippen molar-refractivity contribution in [3.05, 3.63) is 59.1 Å². The molecular formula is C16H13ClN2S. The highest BCUT2D eigenvalue weighted by Gasteiger charge is 2.31. The molecule has 2 aromatic carbocycles. The Kier molecular flexibility index (Phi) is 2.97. The van der Waals surface area contributed by atoms with Crippen molar-refractivity contribution in [2.75, 3.05) is 11.4 Å². The fourth-order valence-electron chi connectivity index (χ4n) is 2.71. The van der Waals surface area contributed by atoms with E-state index < -0.39 is 0 Å². The maximum atomic E-state index is 5.95. The summed E-state index contributed by atoms with van der Waals surface area (Å²) in [5, 5.41) is 1.90. The number of anilines is 1. The van der Waals surface area contributed by atoms with E-state index in [0.29, 0.717) is 0 Å². The number of thioether (sulfide) groups is 1. The molecule has 2 aliphatic heterocycles. The van der Waals surface area contributed by atoms with Crippen molar-refractivity contribution in [1.82, 2.24) is 0 Å². The number of halogens is 1. The van der Waals surface area contributed by atoms with Crippen LogP contribution in [0.5, 0.6) is 0 Å². The molecule has 4 rings (SSSR count). The van der Waals surface area contributed by atoms with Crippen LogP contribution in [0.25, 0.3) is 0 Å². The zero-order valence-electron chi connectivity index (χ0n) is 10.8. The molecule has 1 atom stereocenters. The first-order valence-electron chi connectivity index (χ1n) is 6.69. The highest BCUT2D eigenvalue weighted by Crippen LogP contribution is 2.43. The fraction of sp³-hybridized carbons (Fsp3) is 0.188. The number of fused-ring (bicyclic) bond motifs is 3. The molecule has 0 amide bonds. The number of benzene rings is 2. The van der Waals surface area contributed by atoms with Gasteiger partial charge in [-0.15, -0.1) is 0 Å². The molecule has 0 bridgehead atoms. The number of hydrogen-bond donors (Lipinski definition) is 0. The predicted octanol–water partition coefficient (Wildman–Crippen LogP) is 4.75. The van der Waals surface area contributed by atoms with Crippen LogP contribution < -0.4 is 4.90 Å². The van der Waals surface area contributed by atoms with Gasteiger partial charge in [-0.3, -0.25) is 4.99 Å². The van der Waals surface area contributed by atoms with Gasteiger partial charge in [0.05, 0.1) is 11.7 Å². The molecule has 100 valence electrons. The lowest BCUT2D eigenvalue weighted by atomic mass is 10.0. The third kappa shape index (κ3) is 2.02. The smallest absolute Gasteiger partial charge is 0.169 e. The fourth-order valence-corrected chi connectivity index (χ4v) is 3.94. The number of para-hydroxylation sites is 1. The third-order valence-electron chi connectivity index (χ3n) is 3.74. The summed E-state index contributed by atoms with van der Waals surface area (Å²) < 4.78 is 0. The van der Waals surface area contributed by atoms with Gasteiger partial charge >= 0.3 is 0 Å². The van der Waals surface area contributed by atoms with Gasteiger partial charge in [0.1, 0.15) is 0 Å². The average Bonchev–Trinajstić information content (AvgIpc) is 2.85. The Labute approximate surface area is 127 Å². The van der Waals surface area contributed by atoms with Crippen molar-refractivity contribution in [3.63, 3.8) is 0 Å². The Bertz CT molecular complexity index is 681. The molecule has 1 unspecified atom stereocenters. The van der Waals surface area contributed by atoms with Gasteiger partial charge in [0.25, 0.3) is 0 Å². The molecule has 0 aromatic heterocycles. The van der Waals surface area contributed by atoms with Gasteiger partial charge in [-0.2, -0.15) is 0 Å². The summed E-state index contributed by atoms with van der Waals surface area (Å²) in [6.45, 7) is 1.02. The third-order valence-corrected chi connectivity index (χ3v) is 5.06. The summed E-state index contributed by atoms with van der Waals surface area (Å²) in [6, 6.07) is 16.8. The van der Waals surface area contributed by atoms with Gasteiger partial charge in [-0.25, -0.2) is 0 Å². The lowest BCUT2D eigenvalue weighted by molar-refractivity contribution is 0.637. The highest BCUT2D eigenvalue weighted by molar-refractivity contribution is 8.14. The van der Waals surface area contributed by atoms with Gasteiger partial charge in [0.2, 0.25) is 0 Å². The SMILES string of the molecule is Clc1ccc(C2CCN3C(=N2)Sc2ccccc23)cc1. The van der Waals surface area contributed by atoms with E-state index in [-0.39, 0.29) is 6.04 Å². The first-order chi connectivity index (χ1) is 9.81. The molecule has 0 radical (unpaired) electrons. The Morgan fingerprint density at radius 2 is 1.90 bits per heavy atom. The summed E-state index contributed by atoms with van der Waals surface area (Å²) in [4.78, 5) is 8.56. The summed E-state index contributed by atoms with van der Waals surface area (Å²) >= 11 is 7.72. The van der Waals surface area contributed by atoms with Crippen molar-refractivity contribution in [3.8, 4) is 0 Å². The number of nitrogens with zero attached hydrogens (tertiary/aromatic N) is 2. The summed E-state index contributed by atoms with van der Waals surface area (Å²) in [7, 11) is 0. The van der Waals surface area contributed by atoms with E-state index in [9.17, 15) is 0 Å². The maximum Gasteiger partial charge on any atom is 0.169 e. The quantitative estimate of drug-likeness (QED) is 0.755. The van der Waals surface area contributed by atoms with Crippen LogP contribution >= 0.6 is 23.4 Å². The van der Waals surface area contributed by atoms with Crippen LogP contribution in [-0.4, -0.2) is 11.7 Å². The average molecular weight is 301 g/mol. The van der Waals surface area contributed by atoms with Crippen molar-refractivity contribution in [1.29, 1.82) is 0 Å². The molecule has 2 heterocycles. The number of aliphatic imine (C=N–C) groups is 1. The molecule has 0 spiro atoms. The highest BCUT2D eigenvalue weighted by atomic mass is 35.5. The molecule has 0 aliphatic carbocycles. The summed E-state index contributed by atoms with van der Waals surface area (Å²) in [5.41, 5.74) is 2.55. The molecule has 2 nitrogen and oxygen atoms in total. The van der Waals surface area contributed by atoms with E-state index in [0.717, 1.165) is 23.2 Å². The van der Waals surface area contributed by atoms with Crippen LogP contribution in [0.3, 0.4) is 0 Å². The van der Waals surface area contributed by atoms with Crippen LogP contribution in [0, 0.1) is 0 Å². The predicted molar refractivity (Wildman–Crippen MR) is 85.9 cm³/mol. The maximum absolute atomic E-state index is 5.95. The molecular weight excluding hydrogens is 288 g/mol. The Hall–Kier alpha value is -1.45. The number of hydrogen-bond acceptors (Lipinski definition) is 3.